The number of furan rings is 1. The third kappa shape index (κ3) is 2.80. The Balaban J connectivity index is 1.47. The topological polar surface area (TPSA) is 57.9 Å². The molecule has 5 nitrogen and oxygen atoms in total. The third-order valence-corrected chi connectivity index (χ3v) is 10.9. The molecule has 5 aliphatic rings. The SMILES string of the molecule is CC(C)C1=CC2CC3(C4OCCO4)[C@@H]4CC[C@@H](C)[C@H]4CC2(c2ccco2)C13C(=O)OCc1ccccc1. The Morgan fingerprint density at radius 2 is 1.84 bits per heavy atom. The predicted octanol–water partition coefficient (Wildman–Crippen LogP) is 6.29. The summed E-state index contributed by atoms with van der Waals surface area (Å²) in [5.74, 6) is 2.63. The van der Waals surface area contributed by atoms with Gasteiger partial charge in [-0.2, -0.15) is 0 Å². The molecule has 4 unspecified atom stereocenters. The van der Waals surface area contributed by atoms with Crippen molar-refractivity contribution in [1.29, 1.82) is 0 Å². The van der Waals surface area contributed by atoms with Crippen molar-refractivity contribution < 1.29 is 23.4 Å². The number of esters is 1. The minimum atomic E-state index is -0.883. The highest BCUT2D eigenvalue weighted by Gasteiger charge is 2.87. The maximum Gasteiger partial charge on any atom is 0.318 e. The molecule has 2 aromatic rings. The number of rotatable bonds is 6. The molecule has 7 atom stereocenters. The summed E-state index contributed by atoms with van der Waals surface area (Å²) in [6, 6.07) is 14.1. The number of carbonyl (C=O) groups is 1. The van der Waals surface area contributed by atoms with E-state index in [0.29, 0.717) is 31.0 Å². The van der Waals surface area contributed by atoms with E-state index in [1.807, 2.05) is 36.4 Å². The molecule has 0 N–H and O–H groups in total. The molecule has 0 radical (unpaired) electrons. The van der Waals surface area contributed by atoms with Gasteiger partial charge in [-0.15, -0.1) is 0 Å². The van der Waals surface area contributed by atoms with E-state index in [2.05, 4.69) is 32.9 Å². The highest BCUT2D eigenvalue weighted by atomic mass is 16.7. The molecule has 1 aromatic heterocycles. The molecule has 2 heterocycles. The van der Waals surface area contributed by atoms with Crippen LogP contribution < -0.4 is 0 Å². The van der Waals surface area contributed by atoms with E-state index in [0.717, 1.165) is 30.6 Å². The van der Waals surface area contributed by atoms with Gasteiger partial charge in [-0.1, -0.05) is 69.2 Å². The molecule has 4 bridgehead atoms. The maximum atomic E-state index is 15.0. The van der Waals surface area contributed by atoms with Crippen LogP contribution in [0, 0.1) is 40.4 Å². The number of fused-ring (bicyclic) bond motifs is 2. The first-order valence-corrected chi connectivity index (χ1v) is 14.2. The summed E-state index contributed by atoms with van der Waals surface area (Å²) in [4.78, 5) is 15.0. The van der Waals surface area contributed by atoms with Gasteiger partial charge in [0.15, 0.2) is 6.29 Å². The number of benzene rings is 1. The quantitative estimate of drug-likeness (QED) is 0.343. The van der Waals surface area contributed by atoms with Gasteiger partial charge in [0.25, 0.3) is 0 Å². The van der Waals surface area contributed by atoms with E-state index in [4.69, 9.17) is 18.6 Å². The van der Waals surface area contributed by atoms with Gasteiger partial charge in [0.1, 0.15) is 17.8 Å². The Kier molecular flexibility index (Phi) is 5.33. The molecule has 7 rings (SSSR count). The van der Waals surface area contributed by atoms with Crippen LogP contribution in [0.1, 0.15) is 57.8 Å². The summed E-state index contributed by atoms with van der Waals surface area (Å²) in [6.45, 7) is 8.26. The largest absolute Gasteiger partial charge is 0.469 e. The smallest absolute Gasteiger partial charge is 0.318 e. The lowest BCUT2D eigenvalue weighted by atomic mass is 9.41. The van der Waals surface area contributed by atoms with E-state index in [-0.39, 0.29) is 24.4 Å². The van der Waals surface area contributed by atoms with Gasteiger partial charge < -0.3 is 18.6 Å². The summed E-state index contributed by atoms with van der Waals surface area (Å²) in [5.41, 5.74) is 0.360. The van der Waals surface area contributed by atoms with Gasteiger partial charge in [0.05, 0.1) is 24.9 Å². The van der Waals surface area contributed by atoms with Crippen molar-refractivity contribution in [3.8, 4) is 0 Å². The Labute approximate surface area is 219 Å². The van der Waals surface area contributed by atoms with Crippen LogP contribution in [0.2, 0.25) is 0 Å². The zero-order valence-electron chi connectivity index (χ0n) is 22.2. The van der Waals surface area contributed by atoms with Crippen molar-refractivity contribution in [3.63, 3.8) is 0 Å². The fraction of sp³-hybridized carbons (Fsp3) is 0.594. The lowest BCUT2D eigenvalue weighted by Crippen LogP contribution is -2.67. The van der Waals surface area contributed by atoms with Gasteiger partial charge in [-0.3, -0.25) is 4.79 Å². The van der Waals surface area contributed by atoms with E-state index in [1.54, 1.807) is 6.26 Å². The molecule has 3 saturated carbocycles. The van der Waals surface area contributed by atoms with Crippen LogP contribution in [-0.4, -0.2) is 25.5 Å². The summed E-state index contributed by atoms with van der Waals surface area (Å²) in [7, 11) is 0. The van der Waals surface area contributed by atoms with Gasteiger partial charge in [-0.05, 0) is 66.5 Å². The molecule has 1 saturated heterocycles. The summed E-state index contributed by atoms with van der Waals surface area (Å²) < 4.78 is 25.6. The number of hydrogen-bond donors (Lipinski definition) is 0. The average Bonchev–Trinajstić information content (AvgIpc) is 3.72. The van der Waals surface area contributed by atoms with Gasteiger partial charge in [-0.25, -0.2) is 0 Å². The molecule has 0 amide bonds. The monoisotopic (exact) mass is 502 g/mol. The number of carbonyl (C=O) groups excluding carboxylic acids is 1. The van der Waals surface area contributed by atoms with Gasteiger partial charge in [0, 0.05) is 5.41 Å². The van der Waals surface area contributed by atoms with Crippen LogP contribution in [0.15, 0.2) is 64.8 Å². The second kappa shape index (κ2) is 8.31. The highest BCUT2D eigenvalue weighted by molar-refractivity contribution is 5.88. The average molecular weight is 503 g/mol. The zero-order chi connectivity index (χ0) is 25.4. The Hall–Kier alpha value is -2.37. The highest BCUT2D eigenvalue weighted by Crippen LogP contribution is 2.84. The van der Waals surface area contributed by atoms with Crippen LogP contribution in [0.5, 0.6) is 0 Å². The minimum Gasteiger partial charge on any atom is -0.469 e. The zero-order valence-corrected chi connectivity index (χ0v) is 22.2. The summed E-state index contributed by atoms with van der Waals surface area (Å²) >= 11 is 0. The molecule has 5 heteroatoms. The second-order valence-electron chi connectivity index (χ2n) is 12.5. The second-order valence-corrected chi connectivity index (χ2v) is 12.5. The summed E-state index contributed by atoms with van der Waals surface area (Å²) in [5, 5.41) is 0. The number of hydrogen-bond acceptors (Lipinski definition) is 5. The first-order valence-electron chi connectivity index (χ1n) is 14.2. The van der Waals surface area contributed by atoms with Gasteiger partial charge in [0.2, 0.25) is 0 Å². The molecule has 0 spiro atoms. The minimum absolute atomic E-state index is 0.121. The van der Waals surface area contributed by atoms with Crippen molar-refractivity contribution in [2.45, 2.75) is 64.8 Å². The van der Waals surface area contributed by atoms with E-state index in [9.17, 15) is 0 Å². The lowest BCUT2D eigenvalue weighted by Gasteiger charge is -2.61. The molecular weight excluding hydrogens is 464 g/mol. The molecule has 196 valence electrons. The first kappa shape index (κ1) is 23.7. The maximum absolute atomic E-state index is 15.0. The Bertz CT molecular complexity index is 1200. The predicted molar refractivity (Wildman–Crippen MR) is 138 cm³/mol. The normalized spacial score (nSPS) is 40.3. The molecular formula is C32H38O5. The van der Waals surface area contributed by atoms with Crippen LogP contribution >= 0.6 is 0 Å². The van der Waals surface area contributed by atoms with Crippen LogP contribution in [0.4, 0.5) is 0 Å². The fourth-order valence-electron chi connectivity index (χ4n) is 9.86. The standard InChI is InChI=1S/C32H38O5/c1-20(2)26-16-23-17-31(29-35-14-15-36-29)25-12-11-21(3)24(25)18-30(23,27-10-7-13-34-27)32(26,31)28(33)37-19-22-8-5-4-6-9-22/h4-10,13,16,20-21,23-25,29H,11-12,14-15,17-19H2,1-3H3/t21-,23?,24-,25-,30?,31?,32?/m1/s1. The van der Waals surface area contributed by atoms with Crippen molar-refractivity contribution in [3.05, 3.63) is 71.7 Å². The van der Waals surface area contributed by atoms with E-state index < -0.39 is 22.5 Å². The summed E-state index contributed by atoms with van der Waals surface area (Å²) in [6.07, 6.45) is 7.90. The number of allylic oxidation sites excluding steroid dienone is 1. The van der Waals surface area contributed by atoms with Crippen LogP contribution in [0.3, 0.4) is 0 Å². The Morgan fingerprint density at radius 3 is 2.54 bits per heavy atom. The molecule has 1 aliphatic heterocycles. The third-order valence-electron chi connectivity index (χ3n) is 10.9. The van der Waals surface area contributed by atoms with Crippen molar-refractivity contribution >= 4 is 5.97 Å². The van der Waals surface area contributed by atoms with E-state index in [1.165, 1.54) is 12.0 Å². The van der Waals surface area contributed by atoms with Gasteiger partial charge >= 0.3 is 5.97 Å². The van der Waals surface area contributed by atoms with Crippen LogP contribution in [0.25, 0.3) is 0 Å². The number of ether oxygens (including phenoxy) is 3. The fourth-order valence-corrected chi connectivity index (χ4v) is 9.86. The van der Waals surface area contributed by atoms with Crippen molar-refractivity contribution in [2.75, 3.05) is 13.2 Å². The molecule has 1 aromatic carbocycles. The lowest BCUT2D eigenvalue weighted by molar-refractivity contribution is -0.235. The Morgan fingerprint density at radius 1 is 1.05 bits per heavy atom. The van der Waals surface area contributed by atoms with Crippen molar-refractivity contribution in [1.82, 2.24) is 0 Å². The van der Waals surface area contributed by atoms with Crippen molar-refractivity contribution in [2.24, 2.45) is 40.4 Å². The molecule has 37 heavy (non-hydrogen) atoms. The first-order chi connectivity index (χ1) is 18.0. The molecule has 4 fully saturated rings. The molecule has 4 aliphatic carbocycles. The van der Waals surface area contributed by atoms with E-state index >= 15 is 4.79 Å². The van der Waals surface area contributed by atoms with Crippen LogP contribution in [-0.2, 0) is 31.0 Å².